The lowest BCUT2D eigenvalue weighted by atomic mass is 10.2. The Kier molecular flexibility index (Phi) is 5.30. The molecule has 0 unspecified atom stereocenters. The Morgan fingerprint density at radius 2 is 1.68 bits per heavy atom. The second-order valence-corrected chi connectivity index (χ2v) is 5.79. The maximum Gasteiger partial charge on any atom is 0.181 e. The van der Waals surface area contributed by atoms with Crippen molar-refractivity contribution in [2.24, 2.45) is 0 Å². The molecule has 25 heavy (non-hydrogen) atoms. The summed E-state index contributed by atoms with van der Waals surface area (Å²) >= 11 is 0. The molecule has 1 aromatic heterocycles. The smallest absolute Gasteiger partial charge is 0.181 e. The summed E-state index contributed by atoms with van der Waals surface area (Å²) in [5.74, 6) is 1.51. The number of anilines is 1. The Hall–Kier alpha value is -2.86. The van der Waals surface area contributed by atoms with Gasteiger partial charge in [0.2, 0.25) is 0 Å². The van der Waals surface area contributed by atoms with Gasteiger partial charge in [-0.1, -0.05) is 0 Å². The summed E-state index contributed by atoms with van der Waals surface area (Å²) in [6.07, 6.45) is 1.72. The first kappa shape index (κ1) is 17.0. The van der Waals surface area contributed by atoms with Crippen molar-refractivity contribution < 1.29 is 9.47 Å². The fourth-order valence-corrected chi connectivity index (χ4v) is 2.37. The summed E-state index contributed by atoms with van der Waals surface area (Å²) in [6, 6.07) is 15.9. The first-order chi connectivity index (χ1) is 12.2. The van der Waals surface area contributed by atoms with Crippen molar-refractivity contribution in [2.75, 3.05) is 39.3 Å². The van der Waals surface area contributed by atoms with E-state index in [9.17, 15) is 0 Å². The first-order valence-electron chi connectivity index (χ1n) is 8.09. The lowest BCUT2D eigenvalue weighted by molar-refractivity contribution is 0.146. The quantitative estimate of drug-likeness (QED) is 0.620. The summed E-state index contributed by atoms with van der Waals surface area (Å²) in [6.45, 7) is 1.10. The molecular weight excluding hydrogens is 316 g/mol. The molecule has 0 atom stereocenters. The molecule has 3 aromatic rings. The zero-order chi connectivity index (χ0) is 17.6. The molecule has 0 aliphatic carbocycles. The van der Waals surface area contributed by atoms with Gasteiger partial charge < -0.3 is 14.4 Å². The fraction of sp³-hybridized carbons (Fsp3) is 0.263. The van der Waals surface area contributed by atoms with Gasteiger partial charge >= 0.3 is 0 Å². The maximum atomic E-state index is 5.57. The minimum Gasteiger partial charge on any atom is -0.491 e. The third-order valence-electron chi connectivity index (χ3n) is 3.79. The van der Waals surface area contributed by atoms with Crippen molar-refractivity contribution in [3.05, 3.63) is 54.9 Å². The Balaban J connectivity index is 1.72. The van der Waals surface area contributed by atoms with E-state index in [-0.39, 0.29) is 0 Å². The molecule has 0 spiro atoms. The minimum absolute atomic E-state index is 0.534. The van der Waals surface area contributed by atoms with Gasteiger partial charge in [0.05, 0.1) is 12.3 Å². The van der Waals surface area contributed by atoms with Crippen molar-refractivity contribution in [3.63, 3.8) is 0 Å². The predicted octanol–water partition coefficient (Wildman–Crippen LogP) is 3.03. The van der Waals surface area contributed by atoms with E-state index in [2.05, 4.69) is 27.1 Å². The number of hydrogen-bond donors (Lipinski definition) is 0. The van der Waals surface area contributed by atoms with E-state index >= 15 is 0 Å². The largest absolute Gasteiger partial charge is 0.491 e. The molecule has 0 aliphatic heterocycles. The SMILES string of the molecule is COCCOc1ccc(-n2cnc(-c3ccc(N(C)C)cc3)n2)cc1. The van der Waals surface area contributed by atoms with Gasteiger partial charge in [-0.05, 0) is 48.5 Å². The lowest BCUT2D eigenvalue weighted by Gasteiger charge is -2.11. The summed E-state index contributed by atoms with van der Waals surface area (Å²) < 4.78 is 12.3. The van der Waals surface area contributed by atoms with E-state index in [1.807, 2.05) is 50.5 Å². The Bertz CT molecular complexity index is 795. The fourth-order valence-electron chi connectivity index (χ4n) is 2.37. The summed E-state index contributed by atoms with van der Waals surface area (Å²) in [5.41, 5.74) is 3.07. The molecule has 0 bridgehead atoms. The van der Waals surface area contributed by atoms with Crippen LogP contribution in [0.2, 0.25) is 0 Å². The van der Waals surface area contributed by atoms with Crippen LogP contribution in [0.4, 0.5) is 5.69 Å². The van der Waals surface area contributed by atoms with E-state index < -0.39 is 0 Å². The molecule has 1 heterocycles. The molecule has 2 aromatic carbocycles. The third-order valence-corrected chi connectivity index (χ3v) is 3.79. The van der Waals surface area contributed by atoms with Crippen LogP contribution in [-0.4, -0.2) is 49.2 Å². The normalized spacial score (nSPS) is 10.7. The predicted molar refractivity (Wildman–Crippen MR) is 98.5 cm³/mol. The highest BCUT2D eigenvalue weighted by Gasteiger charge is 2.06. The third kappa shape index (κ3) is 4.16. The lowest BCUT2D eigenvalue weighted by Crippen LogP contribution is -2.07. The Morgan fingerprint density at radius 1 is 0.960 bits per heavy atom. The standard InChI is InChI=1S/C19H22N4O2/c1-22(2)16-6-4-15(5-7-16)19-20-14-23(21-19)17-8-10-18(11-9-17)25-13-12-24-3/h4-11,14H,12-13H2,1-3H3. The number of methoxy groups -OCH3 is 1. The summed E-state index contributed by atoms with van der Waals surface area (Å²) in [7, 11) is 5.69. The minimum atomic E-state index is 0.534. The van der Waals surface area contributed by atoms with E-state index in [4.69, 9.17) is 9.47 Å². The van der Waals surface area contributed by atoms with Gasteiger partial charge in [-0.15, -0.1) is 5.10 Å². The highest BCUT2D eigenvalue weighted by molar-refractivity contribution is 5.60. The van der Waals surface area contributed by atoms with Crippen molar-refractivity contribution in [1.29, 1.82) is 0 Å². The Morgan fingerprint density at radius 3 is 2.32 bits per heavy atom. The first-order valence-corrected chi connectivity index (χ1v) is 8.09. The van der Waals surface area contributed by atoms with E-state index in [1.165, 1.54) is 0 Å². The number of nitrogens with zero attached hydrogens (tertiary/aromatic N) is 4. The zero-order valence-electron chi connectivity index (χ0n) is 14.7. The van der Waals surface area contributed by atoms with E-state index in [1.54, 1.807) is 18.1 Å². The van der Waals surface area contributed by atoms with Crippen LogP contribution in [0.5, 0.6) is 5.75 Å². The molecule has 0 N–H and O–H groups in total. The molecule has 6 nitrogen and oxygen atoms in total. The van der Waals surface area contributed by atoms with Crippen molar-refractivity contribution >= 4 is 5.69 Å². The van der Waals surface area contributed by atoms with Crippen molar-refractivity contribution in [2.45, 2.75) is 0 Å². The highest BCUT2D eigenvalue weighted by atomic mass is 16.5. The number of benzene rings is 2. The van der Waals surface area contributed by atoms with Crippen LogP contribution >= 0.6 is 0 Å². The van der Waals surface area contributed by atoms with Crippen LogP contribution in [0.3, 0.4) is 0 Å². The molecule has 130 valence electrons. The molecule has 0 radical (unpaired) electrons. The molecule has 0 aliphatic rings. The average Bonchev–Trinajstić information content (AvgIpc) is 3.13. The monoisotopic (exact) mass is 338 g/mol. The average molecular weight is 338 g/mol. The zero-order valence-corrected chi connectivity index (χ0v) is 14.7. The highest BCUT2D eigenvalue weighted by Crippen LogP contribution is 2.20. The molecule has 6 heteroatoms. The molecular formula is C19H22N4O2. The number of rotatable bonds is 7. The summed E-state index contributed by atoms with van der Waals surface area (Å²) in [4.78, 5) is 6.47. The van der Waals surface area contributed by atoms with Crippen molar-refractivity contribution in [1.82, 2.24) is 14.8 Å². The van der Waals surface area contributed by atoms with Crippen LogP contribution in [0.15, 0.2) is 54.9 Å². The second kappa shape index (κ2) is 7.81. The maximum absolute atomic E-state index is 5.57. The topological polar surface area (TPSA) is 52.4 Å². The van der Waals surface area contributed by atoms with E-state index in [0.29, 0.717) is 19.0 Å². The van der Waals surface area contributed by atoms with Gasteiger partial charge in [-0.3, -0.25) is 0 Å². The molecule has 0 saturated carbocycles. The Labute approximate surface area is 147 Å². The molecule has 0 amide bonds. The van der Waals surface area contributed by atoms with Crippen molar-refractivity contribution in [3.8, 4) is 22.8 Å². The number of aromatic nitrogens is 3. The van der Waals surface area contributed by atoms with Crippen LogP contribution in [0.1, 0.15) is 0 Å². The molecule has 3 rings (SSSR count). The number of ether oxygens (including phenoxy) is 2. The number of hydrogen-bond acceptors (Lipinski definition) is 5. The molecule has 0 fully saturated rings. The van der Waals surface area contributed by atoms with Gasteiger partial charge in [0.15, 0.2) is 5.82 Å². The molecule has 0 saturated heterocycles. The van der Waals surface area contributed by atoms with Crippen LogP contribution in [-0.2, 0) is 4.74 Å². The summed E-state index contributed by atoms with van der Waals surface area (Å²) in [5, 5.41) is 4.56. The van der Waals surface area contributed by atoms with Gasteiger partial charge in [-0.2, -0.15) is 0 Å². The van der Waals surface area contributed by atoms with Gasteiger partial charge in [0, 0.05) is 32.5 Å². The van der Waals surface area contributed by atoms with Crippen LogP contribution in [0.25, 0.3) is 17.1 Å². The van der Waals surface area contributed by atoms with Crippen LogP contribution in [0, 0.1) is 0 Å². The van der Waals surface area contributed by atoms with Gasteiger partial charge in [-0.25, -0.2) is 9.67 Å². The van der Waals surface area contributed by atoms with E-state index in [0.717, 1.165) is 22.7 Å². The van der Waals surface area contributed by atoms with Gasteiger partial charge in [0.25, 0.3) is 0 Å². The second-order valence-electron chi connectivity index (χ2n) is 5.79. The van der Waals surface area contributed by atoms with Gasteiger partial charge in [0.1, 0.15) is 18.7 Å². The van der Waals surface area contributed by atoms with Crippen LogP contribution < -0.4 is 9.64 Å².